The number of rotatable bonds is 3. The fourth-order valence-corrected chi connectivity index (χ4v) is 1.29. The van der Waals surface area contributed by atoms with Crippen molar-refractivity contribution in [2.24, 2.45) is 0 Å². The van der Waals surface area contributed by atoms with Crippen molar-refractivity contribution >= 4 is 17.6 Å². The molecule has 86 valence electrons. The van der Waals surface area contributed by atoms with Crippen LogP contribution in [0.1, 0.15) is 22.8 Å². The molecule has 0 spiro atoms. The van der Waals surface area contributed by atoms with Crippen molar-refractivity contribution in [1.29, 1.82) is 0 Å². The zero-order valence-electron chi connectivity index (χ0n) is 9.11. The summed E-state index contributed by atoms with van der Waals surface area (Å²) in [5.74, 6) is -0.757. The predicted molar refractivity (Wildman–Crippen MR) is 58.0 cm³/mol. The van der Waals surface area contributed by atoms with E-state index in [0.29, 0.717) is 11.3 Å². The number of esters is 1. The minimum Gasteiger partial charge on any atom is -0.465 e. The van der Waals surface area contributed by atoms with Crippen LogP contribution in [0.3, 0.4) is 0 Å². The fraction of sp³-hybridized carbons (Fsp3) is 0.273. The number of carbonyl (C=O) groups is 2. The molecule has 5 heteroatoms. The molecule has 1 aromatic carbocycles. The highest BCUT2D eigenvalue weighted by atomic mass is 16.5. The zero-order chi connectivity index (χ0) is 12.1. The molecule has 0 aliphatic rings. The summed E-state index contributed by atoms with van der Waals surface area (Å²) >= 11 is 0. The van der Waals surface area contributed by atoms with Crippen molar-refractivity contribution in [3.8, 4) is 0 Å². The van der Waals surface area contributed by atoms with Crippen LogP contribution in [0.25, 0.3) is 0 Å². The maximum atomic E-state index is 11.3. The summed E-state index contributed by atoms with van der Waals surface area (Å²) in [7, 11) is 1.27. The number of aliphatic hydroxyl groups excluding tert-OH is 1. The third-order valence-electron chi connectivity index (χ3n) is 1.92. The number of benzene rings is 1. The van der Waals surface area contributed by atoms with Crippen molar-refractivity contribution in [3.63, 3.8) is 0 Å². The average molecular weight is 223 g/mol. The van der Waals surface area contributed by atoms with Crippen LogP contribution in [0.15, 0.2) is 18.2 Å². The smallest absolute Gasteiger partial charge is 0.337 e. The van der Waals surface area contributed by atoms with Gasteiger partial charge in [-0.1, -0.05) is 0 Å². The number of hydrogen-bond acceptors (Lipinski definition) is 4. The van der Waals surface area contributed by atoms with Crippen LogP contribution < -0.4 is 5.32 Å². The van der Waals surface area contributed by atoms with E-state index in [4.69, 9.17) is 5.11 Å². The number of nitrogens with one attached hydrogen (secondary N) is 1. The van der Waals surface area contributed by atoms with Gasteiger partial charge in [0, 0.05) is 12.6 Å². The lowest BCUT2D eigenvalue weighted by atomic mass is 10.1. The fourth-order valence-electron chi connectivity index (χ4n) is 1.29. The van der Waals surface area contributed by atoms with Gasteiger partial charge in [-0.15, -0.1) is 0 Å². The summed E-state index contributed by atoms with van der Waals surface area (Å²) in [6, 6.07) is 4.59. The first-order valence-corrected chi connectivity index (χ1v) is 4.67. The second-order valence-corrected chi connectivity index (χ2v) is 3.25. The van der Waals surface area contributed by atoms with E-state index in [2.05, 4.69) is 10.1 Å². The number of hydrogen-bond donors (Lipinski definition) is 2. The molecule has 0 saturated carbocycles. The summed E-state index contributed by atoms with van der Waals surface area (Å²) in [6.45, 7) is 1.15. The lowest BCUT2D eigenvalue weighted by molar-refractivity contribution is -0.114. The van der Waals surface area contributed by atoms with E-state index >= 15 is 0 Å². The molecule has 1 aromatic rings. The van der Waals surface area contributed by atoms with Gasteiger partial charge >= 0.3 is 5.97 Å². The van der Waals surface area contributed by atoms with Crippen LogP contribution in [-0.4, -0.2) is 24.1 Å². The molecule has 0 radical (unpaired) electrons. The van der Waals surface area contributed by atoms with Crippen LogP contribution >= 0.6 is 0 Å². The first kappa shape index (κ1) is 12.2. The van der Waals surface area contributed by atoms with Gasteiger partial charge in [0.05, 0.1) is 19.3 Å². The van der Waals surface area contributed by atoms with Gasteiger partial charge in [0.25, 0.3) is 0 Å². The van der Waals surface area contributed by atoms with Crippen LogP contribution in [-0.2, 0) is 16.1 Å². The third-order valence-corrected chi connectivity index (χ3v) is 1.92. The lowest BCUT2D eigenvalue weighted by Gasteiger charge is -2.07. The first-order valence-electron chi connectivity index (χ1n) is 4.67. The van der Waals surface area contributed by atoms with Gasteiger partial charge < -0.3 is 15.2 Å². The molecule has 16 heavy (non-hydrogen) atoms. The summed E-state index contributed by atoms with van der Waals surface area (Å²) in [5.41, 5.74) is 1.28. The van der Waals surface area contributed by atoms with Crippen molar-refractivity contribution in [3.05, 3.63) is 29.3 Å². The highest BCUT2D eigenvalue weighted by molar-refractivity contribution is 5.94. The minimum atomic E-state index is -0.512. The van der Waals surface area contributed by atoms with E-state index < -0.39 is 5.97 Å². The maximum absolute atomic E-state index is 11.3. The number of anilines is 1. The van der Waals surface area contributed by atoms with E-state index in [1.54, 1.807) is 6.07 Å². The van der Waals surface area contributed by atoms with Crippen molar-refractivity contribution in [2.45, 2.75) is 13.5 Å². The van der Waals surface area contributed by atoms with Gasteiger partial charge in [-0.3, -0.25) is 4.79 Å². The normalized spacial score (nSPS) is 9.69. The van der Waals surface area contributed by atoms with E-state index in [-0.39, 0.29) is 18.1 Å². The number of aliphatic hydroxyl groups is 1. The largest absolute Gasteiger partial charge is 0.465 e. The molecule has 1 rings (SSSR count). The van der Waals surface area contributed by atoms with Crippen LogP contribution in [0.5, 0.6) is 0 Å². The molecule has 0 aliphatic heterocycles. The molecule has 0 heterocycles. The van der Waals surface area contributed by atoms with Crippen molar-refractivity contribution < 1.29 is 19.4 Å². The molecule has 1 amide bonds. The van der Waals surface area contributed by atoms with Gasteiger partial charge in [0.15, 0.2) is 0 Å². The van der Waals surface area contributed by atoms with Gasteiger partial charge in [-0.25, -0.2) is 4.79 Å². The lowest BCUT2D eigenvalue weighted by Crippen LogP contribution is -2.09. The standard InChI is InChI=1S/C11H13NO4/c1-7(14)12-10-4-8(6-13)3-9(5-10)11(15)16-2/h3-5,13H,6H2,1-2H3,(H,12,14). The average Bonchev–Trinajstić information content (AvgIpc) is 2.26. The Morgan fingerprint density at radius 1 is 1.38 bits per heavy atom. The van der Waals surface area contributed by atoms with Crippen LogP contribution in [0.4, 0.5) is 5.69 Å². The van der Waals surface area contributed by atoms with E-state index in [1.165, 1.54) is 26.2 Å². The Kier molecular flexibility index (Phi) is 4.02. The molecule has 0 unspecified atom stereocenters. The molecular weight excluding hydrogens is 210 g/mol. The Morgan fingerprint density at radius 3 is 2.56 bits per heavy atom. The van der Waals surface area contributed by atoms with E-state index in [9.17, 15) is 9.59 Å². The molecule has 0 atom stereocenters. The first-order chi connectivity index (χ1) is 7.56. The Balaban J connectivity index is 3.10. The highest BCUT2D eigenvalue weighted by Gasteiger charge is 2.09. The molecule has 5 nitrogen and oxygen atoms in total. The van der Waals surface area contributed by atoms with Gasteiger partial charge in [-0.2, -0.15) is 0 Å². The SMILES string of the molecule is COC(=O)c1cc(CO)cc(NC(C)=O)c1. The second-order valence-electron chi connectivity index (χ2n) is 3.25. The highest BCUT2D eigenvalue weighted by Crippen LogP contribution is 2.16. The summed E-state index contributed by atoms with van der Waals surface area (Å²) < 4.78 is 4.56. The van der Waals surface area contributed by atoms with E-state index in [1.807, 2.05) is 0 Å². The number of methoxy groups -OCH3 is 1. The van der Waals surface area contributed by atoms with Gasteiger partial charge in [0.2, 0.25) is 5.91 Å². The monoisotopic (exact) mass is 223 g/mol. The maximum Gasteiger partial charge on any atom is 0.337 e. The Morgan fingerprint density at radius 2 is 2.06 bits per heavy atom. The predicted octanol–water partition coefficient (Wildman–Crippen LogP) is 0.924. The van der Waals surface area contributed by atoms with Crippen molar-refractivity contribution in [1.82, 2.24) is 0 Å². The number of carbonyl (C=O) groups excluding carboxylic acids is 2. The summed E-state index contributed by atoms with van der Waals surface area (Å²) in [6.07, 6.45) is 0. The molecule has 0 bridgehead atoms. The van der Waals surface area contributed by atoms with Crippen LogP contribution in [0, 0.1) is 0 Å². The number of ether oxygens (including phenoxy) is 1. The molecule has 0 aliphatic carbocycles. The van der Waals surface area contributed by atoms with Gasteiger partial charge in [-0.05, 0) is 23.8 Å². The quantitative estimate of drug-likeness (QED) is 0.747. The Labute approximate surface area is 93.0 Å². The topological polar surface area (TPSA) is 75.6 Å². The minimum absolute atomic E-state index is 0.211. The zero-order valence-corrected chi connectivity index (χ0v) is 9.11. The Bertz CT molecular complexity index is 414. The third kappa shape index (κ3) is 3.06. The molecule has 0 aromatic heterocycles. The van der Waals surface area contributed by atoms with Crippen LogP contribution in [0.2, 0.25) is 0 Å². The summed E-state index contributed by atoms with van der Waals surface area (Å²) in [5, 5.41) is 11.6. The molecular formula is C11H13NO4. The molecule has 0 fully saturated rings. The van der Waals surface area contributed by atoms with Crippen molar-refractivity contribution in [2.75, 3.05) is 12.4 Å². The molecule has 2 N–H and O–H groups in total. The summed E-state index contributed by atoms with van der Waals surface area (Å²) in [4.78, 5) is 22.2. The van der Waals surface area contributed by atoms with E-state index in [0.717, 1.165) is 0 Å². The van der Waals surface area contributed by atoms with Gasteiger partial charge in [0.1, 0.15) is 0 Å². The molecule has 0 saturated heterocycles. The second kappa shape index (κ2) is 5.27. The number of amides is 1. The Hall–Kier alpha value is -1.88.